The lowest BCUT2D eigenvalue weighted by molar-refractivity contribution is -0.124. The largest absolute Gasteiger partial charge is 0.484 e. The fourth-order valence-corrected chi connectivity index (χ4v) is 2.88. The van der Waals surface area contributed by atoms with Crippen molar-refractivity contribution in [2.24, 2.45) is 0 Å². The first-order chi connectivity index (χ1) is 12.1. The summed E-state index contributed by atoms with van der Waals surface area (Å²) in [6, 6.07) is 7.93. The molecule has 2 amide bonds. The second-order valence-electron chi connectivity index (χ2n) is 6.21. The van der Waals surface area contributed by atoms with Crippen LogP contribution in [0.2, 0.25) is 0 Å². The third-order valence-corrected chi connectivity index (χ3v) is 4.22. The van der Waals surface area contributed by atoms with Crippen molar-refractivity contribution >= 4 is 12.0 Å². The van der Waals surface area contributed by atoms with Crippen molar-refractivity contribution in [3.8, 4) is 5.75 Å². The second kappa shape index (κ2) is 9.91. The zero-order chi connectivity index (χ0) is 18.1. The summed E-state index contributed by atoms with van der Waals surface area (Å²) in [5.74, 6) is 0.569. The van der Waals surface area contributed by atoms with Gasteiger partial charge in [0, 0.05) is 19.1 Å². The average molecular weight is 348 g/mol. The molecule has 138 valence electrons. The molecule has 25 heavy (non-hydrogen) atoms. The maximum absolute atomic E-state index is 12.0. The number of likely N-dealkylation sites (tertiary alicyclic amines) is 1. The lowest BCUT2D eigenvalue weighted by atomic mass is 10.1. The SMILES string of the molecule is CCCc1ccc(OCC(=O)NC2CCN(C(=O)OCC)CC2)cc1. The zero-order valence-corrected chi connectivity index (χ0v) is 15.1. The fraction of sp³-hybridized carbons (Fsp3) is 0.579. The Bertz CT molecular complexity index is 551. The first kappa shape index (κ1) is 19.1. The predicted molar refractivity (Wildman–Crippen MR) is 95.7 cm³/mol. The standard InChI is InChI=1S/C19H28N2O4/c1-3-5-15-6-8-17(9-7-15)25-14-18(22)20-16-10-12-21(13-11-16)19(23)24-4-2/h6-9,16H,3-5,10-14H2,1-2H3,(H,20,22). The van der Waals surface area contributed by atoms with Crippen LogP contribution in [0.15, 0.2) is 24.3 Å². The maximum Gasteiger partial charge on any atom is 0.409 e. The summed E-state index contributed by atoms with van der Waals surface area (Å²) in [5.41, 5.74) is 1.27. The van der Waals surface area contributed by atoms with Crippen molar-refractivity contribution < 1.29 is 19.1 Å². The lowest BCUT2D eigenvalue weighted by Crippen LogP contribution is -2.47. The highest BCUT2D eigenvalue weighted by Gasteiger charge is 2.24. The van der Waals surface area contributed by atoms with E-state index >= 15 is 0 Å². The van der Waals surface area contributed by atoms with E-state index in [1.54, 1.807) is 11.8 Å². The summed E-state index contributed by atoms with van der Waals surface area (Å²) in [6.07, 6.45) is 3.34. The topological polar surface area (TPSA) is 67.9 Å². The molecule has 1 fully saturated rings. The van der Waals surface area contributed by atoms with E-state index in [0.29, 0.717) is 25.4 Å². The molecule has 1 saturated heterocycles. The van der Waals surface area contributed by atoms with Gasteiger partial charge in [0.05, 0.1) is 6.61 Å². The number of hydrogen-bond donors (Lipinski definition) is 1. The van der Waals surface area contributed by atoms with Crippen LogP contribution in [0.5, 0.6) is 5.75 Å². The van der Waals surface area contributed by atoms with Crippen LogP contribution in [0, 0.1) is 0 Å². The lowest BCUT2D eigenvalue weighted by Gasteiger charge is -2.31. The van der Waals surface area contributed by atoms with Crippen molar-refractivity contribution in [1.82, 2.24) is 10.2 Å². The summed E-state index contributed by atoms with van der Waals surface area (Å²) in [5, 5.41) is 2.97. The van der Waals surface area contributed by atoms with Gasteiger partial charge >= 0.3 is 6.09 Å². The highest BCUT2D eigenvalue weighted by molar-refractivity contribution is 5.78. The van der Waals surface area contributed by atoms with Crippen LogP contribution in [0.25, 0.3) is 0 Å². The van der Waals surface area contributed by atoms with E-state index in [1.807, 2.05) is 24.3 Å². The molecular weight excluding hydrogens is 320 g/mol. The smallest absolute Gasteiger partial charge is 0.409 e. The van der Waals surface area contributed by atoms with E-state index in [4.69, 9.17) is 9.47 Å². The molecule has 0 aromatic heterocycles. The first-order valence-corrected chi connectivity index (χ1v) is 9.05. The third kappa shape index (κ3) is 6.29. The summed E-state index contributed by atoms with van der Waals surface area (Å²) in [6.45, 7) is 5.53. The number of carbonyl (C=O) groups excluding carboxylic acids is 2. The number of benzene rings is 1. The molecule has 0 atom stereocenters. The number of ether oxygens (including phenoxy) is 2. The van der Waals surface area contributed by atoms with Crippen molar-refractivity contribution in [2.75, 3.05) is 26.3 Å². The van der Waals surface area contributed by atoms with Gasteiger partial charge in [0.1, 0.15) is 5.75 Å². The minimum atomic E-state index is -0.276. The van der Waals surface area contributed by atoms with Crippen LogP contribution in [0.4, 0.5) is 4.79 Å². The van der Waals surface area contributed by atoms with Gasteiger partial charge in [0.25, 0.3) is 5.91 Å². The van der Waals surface area contributed by atoms with E-state index in [1.165, 1.54) is 5.56 Å². The quantitative estimate of drug-likeness (QED) is 0.823. The first-order valence-electron chi connectivity index (χ1n) is 9.05. The van der Waals surface area contributed by atoms with Crippen LogP contribution >= 0.6 is 0 Å². The van der Waals surface area contributed by atoms with Gasteiger partial charge in [0.15, 0.2) is 6.61 Å². The van der Waals surface area contributed by atoms with Gasteiger partial charge < -0.3 is 19.7 Å². The highest BCUT2D eigenvalue weighted by Crippen LogP contribution is 2.14. The number of nitrogens with one attached hydrogen (secondary N) is 1. The predicted octanol–water partition coefficient (Wildman–Crippen LogP) is 2.76. The molecule has 1 aliphatic heterocycles. The Morgan fingerprint density at radius 1 is 1.16 bits per heavy atom. The van der Waals surface area contributed by atoms with Gasteiger partial charge in [-0.15, -0.1) is 0 Å². The summed E-state index contributed by atoms with van der Waals surface area (Å²) in [7, 11) is 0. The number of rotatable bonds is 7. The van der Waals surface area contributed by atoms with E-state index in [0.717, 1.165) is 25.7 Å². The third-order valence-electron chi connectivity index (χ3n) is 4.22. The van der Waals surface area contributed by atoms with Crippen LogP contribution in [-0.4, -0.2) is 49.2 Å². The van der Waals surface area contributed by atoms with Gasteiger partial charge in [-0.25, -0.2) is 4.79 Å². The molecule has 0 unspecified atom stereocenters. The molecule has 1 N–H and O–H groups in total. The molecule has 1 aromatic rings. The van der Waals surface area contributed by atoms with Gasteiger partial charge in [-0.2, -0.15) is 0 Å². The molecule has 0 saturated carbocycles. The van der Waals surface area contributed by atoms with Crippen molar-refractivity contribution in [3.63, 3.8) is 0 Å². The Kier molecular flexibility index (Phi) is 7.57. The maximum atomic E-state index is 12.0. The van der Waals surface area contributed by atoms with Gasteiger partial charge in [0.2, 0.25) is 0 Å². The zero-order valence-electron chi connectivity index (χ0n) is 15.1. The minimum absolute atomic E-state index is 0.00517. The Morgan fingerprint density at radius 3 is 2.44 bits per heavy atom. The van der Waals surface area contributed by atoms with Crippen molar-refractivity contribution in [2.45, 2.75) is 45.6 Å². The Morgan fingerprint density at radius 2 is 1.84 bits per heavy atom. The molecule has 1 aromatic carbocycles. The van der Waals surface area contributed by atoms with E-state index < -0.39 is 0 Å². The summed E-state index contributed by atoms with van der Waals surface area (Å²) >= 11 is 0. The number of piperidine rings is 1. The molecule has 0 bridgehead atoms. The van der Waals surface area contributed by atoms with Crippen LogP contribution in [0.1, 0.15) is 38.7 Å². The number of nitrogens with zero attached hydrogens (tertiary/aromatic N) is 1. The minimum Gasteiger partial charge on any atom is -0.484 e. The Balaban J connectivity index is 1.68. The monoisotopic (exact) mass is 348 g/mol. The second-order valence-corrected chi connectivity index (χ2v) is 6.21. The highest BCUT2D eigenvalue weighted by atomic mass is 16.6. The fourth-order valence-electron chi connectivity index (χ4n) is 2.88. The van der Waals surface area contributed by atoms with Crippen molar-refractivity contribution in [1.29, 1.82) is 0 Å². The van der Waals surface area contributed by atoms with E-state index in [-0.39, 0.29) is 24.6 Å². The van der Waals surface area contributed by atoms with E-state index in [9.17, 15) is 9.59 Å². The molecule has 0 aliphatic carbocycles. The average Bonchev–Trinajstić information content (AvgIpc) is 2.62. The molecule has 0 radical (unpaired) electrons. The van der Waals surface area contributed by atoms with Crippen LogP contribution < -0.4 is 10.1 Å². The van der Waals surface area contributed by atoms with E-state index in [2.05, 4.69) is 12.2 Å². The molecule has 0 spiro atoms. The van der Waals surface area contributed by atoms with Gasteiger partial charge in [-0.1, -0.05) is 25.5 Å². The Labute approximate surface area is 149 Å². The molecule has 6 nitrogen and oxygen atoms in total. The van der Waals surface area contributed by atoms with Crippen LogP contribution in [0.3, 0.4) is 0 Å². The molecule has 2 rings (SSSR count). The number of carbonyl (C=O) groups is 2. The summed E-state index contributed by atoms with van der Waals surface area (Å²) < 4.78 is 10.5. The number of aryl methyl sites for hydroxylation is 1. The molecule has 1 heterocycles. The molecule has 1 aliphatic rings. The molecular formula is C19H28N2O4. The van der Waals surface area contributed by atoms with Crippen LogP contribution in [-0.2, 0) is 16.0 Å². The van der Waals surface area contributed by atoms with Crippen molar-refractivity contribution in [3.05, 3.63) is 29.8 Å². The Hall–Kier alpha value is -2.24. The number of hydrogen-bond acceptors (Lipinski definition) is 4. The molecule has 6 heteroatoms. The number of amides is 2. The van der Waals surface area contributed by atoms with Gasteiger partial charge in [-0.3, -0.25) is 4.79 Å². The normalized spacial score (nSPS) is 14.9. The summed E-state index contributed by atoms with van der Waals surface area (Å²) in [4.78, 5) is 25.4. The van der Waals surface area contributed by atoms with Gasteiger partial charge in [-0.05, 0) is 43.9 Å².